The Morgan fingerprint density at radius 2 is 1.96 bits per heavy atom. The van der Waals surface area contributed by atoms with Gasteiger partial charge in [0, 0.05) is 17.7 Å². The van der Waals surface area contributed by atoms with Crippen LogP contribution in [0.4, 0.5) is 4.39 Å². The predicted octanol–water partition coefficient (Wildman–Crippen LogP) is 4.77. The van der Waals surface area contributed by atoms with E-state index in [4.69, 9.17) is 16.3 Å². The molecule has 1 unspecified atom stereocenters. The number of hydrogen-bond acceptors (Lipinski definition) is 3. The highest BCUT2D eigenvalue weighted by atomic mass is 35.5. The van der Waals surface area contributed by atoms with Crippen LogP contribution in [-0.2, 0) is 10.3 Å². The topological polar surface area (TPSA) is 41.9 Å². The van der Waals surface area contributed by atoms with Crippen LogP contribution in [0.3, 0.4) is 0 Å². The van der Waals surface area contributed by atoms with Gasteiger partial charge in [0.05, 0.1) is 5.54 Å². The molecule has 0 N–H and O–H groups in total. The van der Waals surface area contributed by atoms with Crippen molar-refractivity contribution in [3.05, 3.63) is 64.9 Å². The van der Waals surface area contributed by atoms with Crippen molar-refractivity contribution in [3.63, 3.8) is 0 Å². The second-order valence-corrected chi connectivity index (χ2v) is 7.38. The Morgan fingerprint density at radius 3 is 2.62 bits per heavy atom. The monoisotopic (exact) mass is 374 g/mol. The third-order valence-electron chi connectivity index (χ3n) is 4.52. The molecule has 0 radical (unpaired) electrons. The van der Waals surface area contributed by atoms with Gasteiger partial charge >= 0.3 is 0 Å². The minimum absolute atomic E-state index is 0.0302. The summed E-state index contributed by atoms with van der Waals surface area (Å²) in [6.45, 7) is 5.15. The summed E-state index contributed by atoms with van der Waals surface area (Å²) in [6.07, 6.45) is 2.30. The molecule has 0 aliphatic carbocycles. The number of carbonyl (C=O) groups excluding carboxylic acids is 1. The highest BCUT2D eigenvalue weighted by Crippen LogP contribution is 2.37. The number of hydrogen-bond donors (Lipinski definition) is 0. The minimum atomic E-state index is -1.31. The molecular weight excluding hydrogens is 355 g/mol. The number of nitrogens with zero attached hydrogens (tertiary/aromatic N) is 2. The van der Waals surface area contributed by atoms with Gasteiger partial charge in [0.25, 0.3) is 5.91 Å². The lowest BCUT2D eigenvalue weighted by Crippen LogP contribution is -2.52. The summed E-state index contributed by atoms with van der Waals surface area (Å²) < 4.78 is 19.8. The van der Waals surface area contributed by atoms with Crippen LogP contribution in [0.5, 0.6) is 5.75 Å². The van der Waals surface area contributed by atoms with Crippen molar-refractivity contribution in [1.82, 2.24) is 5.01 Å². The minimum Gasteiger partial charge on any atom is -0.475 e. The summed E-state index contributed by atoms with van der Waals surface area (Å²) in [5, 5.41) is 5.96. The Morgan fingerprint density at radius 1 is 1.27 bits per heavy atom. The quantitative estimate of drug-likeness (QED) is 0.773. The van der Waals surface area contributed by atoms with Crippen LogP contribution in [-0.4, -0.2) is 22.7 Å². The zero-order chi connectivity index (χ0) is 18.9. The van der Waals surface area contributed by atoms with E-state index in [0.29, 0.717) is 6.42 Å². The van der Waals surface area contributed by atoms with Gasteiger partial charge < -0.3 is 4.74 Å². The molecule has 0 fully saturated rings. The van der Waals surface area contributed by atoms with Crippen LogP contribution in [0.15, 0.2) is 53.6 Å². The van der Waals surface area contributed by atoms with Crippen LogP contribution in [0.1, 0.15) is 32.8 Å². The van der Waals surface area contributed by atoms with Crippen LogP contribution >= 0.6 is 11.6 Å². The first-order valence-corrected chi connectivity index (χ1v) is 8.68. The van der Waals surface area contributed by atoms with E-state index < -0.39 is 17.0 Å². The van der Waals surface area contributed by atoms with Crippen LogP contribution in [0, 0.1) is 5.82 Å². The summed E-state index contributed by atoms with van der Waals surface area (Å²) in [4.78, 5) is 13.2. The SMILES string of the molecule is CC(C)(Oc1ccc(Cl)cc1F)C(=O)N1N=CCC1(C)c1ccccc1. The molecule has 136 valence electrons. The largest absolute Gasteiger partial charge is 0.475 e. The lowest BCUT2D eigenvalue weighted by Gasteiger charge is -2.37. The molecular formula is C20H20ClFN2O2. The second kappa shape index (κ2) is 6.72. The number of halogens is 2. The molecule has 1 aliphatic heterocycles. The van der Waals surface area contributed by atoms with E-state index >= 15 is 0 Å². The van der Waals surface area contributed by atoms with Crippen molar-refractivity contribution in [2.45, 2.75) is 38.3 Å². The third-order valence-corrected chi connectivity index (χ3v) is 4.75. The van der Waals surface area contributed by atoms with Gasteiger partial charge in [0.1, 0.15) is 0 Å². The van der Waals surface area contributed by atoms with Gasteiger partial charge in [-0.25, -0.2) is 9.40 Å². The number of ether oxygens (including phenoxy) is 1. The Balaban J connectivity index is 1.88. The van der Waals surface area contributed by atoms with E-state index in [9.17, 15) is 9.18 Å². The Bertz CT molecular complexity index is 854. The molecule has 0 saturated heterocycles. The molecule has 1 heterocycles. The van der Waals surface area contributed by atoms with Crippen LogP contribution in [0.2, 0.25) is 5.02 Å². The molecule has 2 aromatic rings. The molecule has 4 nitrogen and oxygen atoms in total. The Labute approximate surface area is 157 Å². The zero-order valence-electron chi connectivity index (χ0n) is 14.9. The van der Waals surface area contributed by atoms with Crippen LogP contribution < -0.4 is 4.74 Å². The van der Waals surface area contributed by atoms with Gasteiger partial charge in [0.15, 0.2) is 17.2 Å². The fraction of sp³-hybridized carbons (Fsp3) is 0.300. The van der Waals surface area contributed by atoms with E-state index in [1.165, 1.54) is 17.1 Å². The number of carbonyl (C=O) groups is 1. The molecule has 6 heteroatoms. The van der Waals surface area contributed by atoms with Crippen molar-refractivity contribution in [3.8, 4) is 5.75 Å². The van der Waals surface area contributed by atoms with Crippen molar-refractivity contribution < 1.29 is 13.9 Å². The highest BCUT2D eigenvalue weighted by molar-refractivity contribution is 6.30. The highest BCUT2D eigenvalue weighted by Gasteiger charge is 2.46. The van der Waals surface area contributed by atoms with Crippen molar-refractivity contribution >= 4 is 23.7 Å². The summed E-state index contributed by atoms with van der Waals surface area (Å²) in [5.41, 5.74) is -0.955. The maximum Gasteiger partial charge on any atom is 0.287 e. The average Bonchev–Trinajstić information content (AvgIpc) is 3.00. The van der Waals surface area contributed by atoms with E-state index in [1.807, 2.05) is 37.3 Å². The standard InChI is InChI=1S/C20H20ClFN2O2/c1-19(2,26-17-10-9-15(21)13-16(17)22)18(25)24-20(3,11-12-23-24)14-7-5-4-6-8-14/h4-10,12-13H,11H2,1-3H3. The fourth-order valence-corrected chi connectivity index (χ4v) is 3.12. The van der Waals surface area contributed by atoms with Gasteiger partial charge in [-0.15, -0.1) is 0 Å². The van der Waals surface area contributed by atoms with Gasteiger partial charge in [-0.2, -0.15) is 5.10 Å². The molecule has 1 atom stereocenters. The third kappa shape index (κ3) is 3.31. The van der Waals surface area contributed by atoms with E-state index in [-0.39, 0.29) is 16.7 Å². The second-order valence-electron chi connectivity index (χ2n) is 6.95. The van der Waals surface area contributed by atoms with Gasteiger partial charge in [0.2, 0.25) is 0 Å². The molecule has 2 aromatic carbocycles. The summed E-state index contributed by atoms with van der Waals surface area (Å²) in [5.74, 6) is -1.00. The first-order chi connectivity index (χ1) is 12.2. The first kappa shape index (κ1) is 18.4. The van der Waals surface area contributed by atoms with E-state index in [2.05, 4.69) is 5.10 Å². The predicted molar refractivity (Wildman–Crippen MR) is 99.9 cm³/mol. The lowest BCUT2D eigenvalue weighted by atomic mass is 9.88. The zero-order valence-corrected chi connectivity index (χ0v) is 15.6. The first-order valence-electron chi connectivity index (χ1n) is 8.31. The Hall–Kier alpha value is -2.40. The molecule has 3 rings (SSSR count). The summed E-state index contributed by atoms with van der Waals surface area (Å²) in [6, 6.07) is 13.8. The van der Waals surface area contributed by atoms with Crippen molar-refractivity contribution in [2.24, 2.45) is 5.10 Å². The molecule has 0 saturated carbocycles. The molecule has 0 spiro atoms. The van der Waals surface area contributed by atoms with Gasteiger partial charge in [-0.1, -0.05) is 41.9 Å². The van der Waals surface area contributed by atoms with Crippen molar-refractivity contribution in [1.29, 1.82) is 0 Å². The van der Waals surface area contributed by atoms with Gasteiger partial charge in [-0.3, -0.25) is 4.79 Å². The molecule has 0 bridgehead atoms. The normalized spacial score (nSPS) is 19.7. The molecule has 26 heavy (non-hydrogen) atoms. The van der Waals surface area contributed by atoms with Crippen molar-refractivity contribution in [2.75, 3.05) is 0 Å². The summed E-state index contributed by atoms with van der Waals surface area (Å²) >= 11 is 5.77. The average molecular weight is 375 g/mol. The number of hydrazone groups is 1. The Kier molecular flexibility index (Phi) is 4.76. The summed E-state index contributed by atoms with van der Waals surface area (Å²) in [7, 11) is 0. The molecule has 0 aromatic heterocycles. The molecule has 1 amide bonds. The maximum atomic E-state index is 14.1. The number of amides is 1. The van der Waals surface area contributed by atoms with E-state index in [1.54, 1.807) is 20.1 Å². The van der Waals surface area contributed by atoms with E-state index in [0.717, 1.165) is 11.6 Å². The van der Waals surface area contributed by atoms with Gasteiger partial charge in [-0.05, 0) is 44.5 Å². The fourth-order valence-electron chi connectivity index (χ4n) is 2.96. The smallest absolute Gasteiger partial charge is 0.287 e. The lowest BCUT2D eigenvalue weighted by molar-refractivity contribution is -0.151. The molecule has 1 aliphatic rings. The van der Waals surface area contributed by atoms with Crippen LogP contribution in [0.25, 0.3) is 0 Å². The maximum absolute atomic E-state index is 14.1. The number of benzene rings is 2. The number of rotatable bonds is 4.